The Hall–Kier alpha value is -2.62. The SMILES string of the molecule is CC.CC.CC.c1ccc(Sc2ccc(Nc3ccc(Sc4ccccc4)cc3)cc2)cc1. The molecule has 0 saturated heterocycles. The van der Waals surface area contributed by atoms with Gasteiger partial charge in [0.05, 0.1) is 0 Å². The van der Waals surface area contributed by atoms with Crippen LogP contribution in [0.15, 0.2) is 129 Å². The zero-order valence-corrected chi connectivity index (χ0v) is 22.3. The number of hydrogen-bond donors (Lipinski definition) is 1. The molecule has 0 aliphatic heterocycles. The molecule has 0 bridgehead atoms. The van der Waals surface area contributed by atoms with Gasteiger partial charge in [-0.3, -0.25) is 0 Å². The summed E-state index contributed by atoms with van der Waals surface area (Å²) in [4.78, 5) is 4.98. The fourth-order valence-electron chi connectivity index (χ4n) is 2.63. The number of benzene rings is 4. The van der Waals surface area contributed by atoms with Gasteiger partial charge < -0.3 is 5.32 Å². The van der Waals surface area contributed by atoms with Crippen molar-refractivity contribution in [2.24, 2.45) is 0 Å². The first-order chi connectivity index (χ1) is 16.3. The van der Waals surface area contributed by atoms with Crippen LogP contribution in [0.5, 0.6) is 0 Å². The van der Waals surface area contributed by atoms with Crippen LogP contribution in [0.2, 0.25) is 0 Å². The van der Waals surface area contributed by atoms with Gasteiger partial charge in [-0.15, -0.1) is 0 Å². The van der Waals surface area contributed by atoms with Crippen LogP contribution in [0.1, 0.15) is 41.5 Å². The predicted octanol–water partition coefficient (Wildman–Crippen LogP) is 10.8. The molecular formula is C30H37NS2. The van der Waals surface area contributed by atoms with E-state index in [-0.39, 0.29) is 0 Å². The molecule has 1 nitrogen and oxygen atoms in total. The van der Waals surface area contributed by atoms with Crippen molar-refractivity contribution in [3.05, 3.63) is 109 Å². The fourth-order valence-corrected chi connectivity index (χ4v) is 4.30. The minimum atomic E-state index is 1.09. The molecule has 0 unspecified atom stereocenters. The van der Waals surface area contributed by atoms with Crippen molar-refractivity contribution in [2.75, 3.05) is 5.32 Å². The Morgan fingerprint density at radius 1 is 0.364 bits per heavy atom. The molecule has 4 rings (SSSR count). The van der Waals surface area contributed by atoms with Gasteiger partial charge in [0.1, 0.15) is 0 Å². The normalized spacial score (nSPS) is 9.15. The lowest BCUT2D eigenvalue weighted by molar-refractivity contribution is 1.38. The Bertz CT molecular complexity index is 884. The molecule has 33 heavy (non-hydrogen) atoms. The van der Waals surface area contributed by atoms with E-state index in [4.69, 9.17) is 0 Å². The van der Waals surface area contributed by atoms with Gasteiger partial charge in [-0.25, -0.2) is 0 Å². The highest BCUT2D eigenvalue weighted by Gasteiger charge is 2.00. The van der Waals surface area contributed by atoms with E-state index < -0.39 is 0 Å². The van der Waals surface area contributed by atoms with Crippen LogP contribution in [0.25, 0.3) is 0 Å². The number of nitrogens with one attached hydrogen (secondary N) is 1. The van der Waals surface area contributed by atoms with Crippen LogP contribution in [-0.2, 0) is 0 Å². The average Bonchev–Trinajstić information content (AvgIpc) is 2.91. The van der Waals surface area contributed by atoms with E-state index in [0.717, 1.165) is 11.4 Å². The fraction of sp³-hybridized carbons (Fsp3) is 0.200. The second-order valence-corrected chi connectivity index (χ2v) is 8.30. The topological polar surface area (TPSA) is 12.0 Å². The van der Waals surface area contributed by atoms with Gasteiger partial charge in [-0.05, 0) is 72.8 Å². The number of anilines is 2. The maximum atomic E-state index is 3.47. The summed E-state index contributed by atoms with van der Waals surface area (Å²) in [5.41, 5.74) is 2.19. The summed E-state index contributed by atoms with van der Waals surface area (Å²) in [5, 5.41) is 3.47. The Morgan fingerprint density at radius 2 is 0.636 bits per heavy atom. The Kier molecular flexibility index (Phi) is 15.4. The molecule has 4 aromatic carbocycles. The van der Waals surface area contributed by atoms with Crippen molar-refractivity contribution >= 4 is 34.9 Å². The summed E-state index contributed by atoms with van der Waals surface area (Å²) < 4.78 is 0. The van der Waals surface area contributed by atoms with Gasteiger partial charge in [-0.2, -0.15) is 0 Å². The largest absolute Gasteiger partial charge is 0.356 e. The van der Waals surface area contributed by atoms with Crippen LogP contribution in [0, 0.1) is 0 Å². The lowest BCUT2D eigenvalue weighted by Gasteiger charge is -2.09. The van der Waals surface area contributed by atoms with E-state index in [1.807, 2.05) is 53.7 Å². The second kappa shape index (κ2) is 17.9. The molecule has 0 aliphatic rings. The summed E-state index contributed by atoms with van der Waals surface area (Å²) in [6.45, 7) is 12.0. The lowest BCUT2D eigenvalue weighted by Crippen LogP contribution is -1.89. The van der Waals surface area contributed by atoms with Crippen molar-refractivity contribution in [1.29, 1.82) is 0 Å². The van der Waals surface area contributed by atoms with E-state index in [0.29, 0.717) is 0 Å². The summed E-state index contributed by atoms with van der Waals surface area (Å²) in [6, 6.07) is 38.0. The molecular weight excluding hydrogens is 438 g/mol. The van der Waals surface area contributed by atoms with Crippen molar-refractivity contribution < 1.29 is 0 Å². The van der Waals surface area contributed by atoms with Gasteiger partial charge in [0.15, 0.2) is 0 Å². The van der Waals surface area contributed by atoms with Gasteiger partial charge >= 0.3 is 0 Å². The molecule has 0 fully saturated rings. The van der Waals surface area contributed by atoms with Crippen LogP contribution in [0.4, 0.5) is 11.4 Å². The highest BCUT2D eigenvalue weighted by molar-refractivity contribution is 7.99. The Morgan fingerprint density at radius 3 is 0.939 bits per heavy atom. The summed E-state index contributed by atoms with van der Waals surface area (Å²) in [7, 11) is 0. The third-order valence-electron chi connectivity index (χ3n) is 3.96. The van der Waals surface area contributed by atoms with Gasteiger partial charge in [0.2, 0.25) is 0 Å². The minimum absolute atomic E-state index is 1.09. The molecule has 0 amide bonds. The molecule has 3 heteroatoms. The van der Waals surface area contributed by atoms with E-state index in [2.05, 4.69) is 102 Å². The zero-order chi connectivity index (χ0) is 24.3. The third kappa shape index (κ3) is 10.7. The monoisotopic (exact) mass is 475 g/mol. The van der Waals surface area contributed by atoms with Gasteiger partial charge in [-0.1, -0.05) is 101 Å². The van der Waals surface area contributed by atoms with E-state index in [1.54, 1.807) is 23.5 Å². The average molecular weight is 476 g/mol. The molecule has 0 aliphatic carbocycles. The highest BCUT2D eigenvalue weighted by atomic mass is 32.2. The number of rotatable bonds is 6. The Balaban J connectivity index is 0.000000841. The van der Waals surface area contributed by atoms with Crippen molar-refractivity contribution in [2.45, 2.75) is 61.1 Å². The van der Waals surface area contributed by atoms with Crippen LogP contribution in [-0.4, -0.2) is 0 Å². The first-order valence-corrected chi connectivity index (χ1v) is 13.4. The summed E-state index contributed by atoms with van der Waals surface area (Å²) >= 11 is 3.55. The first-order valence-electron chi connectivity index (χ1n) is 11.8. The van der Waals surface area contributed by atoms with Gasteiger partial charge in [0, 0.05) is 31.0 Å². The van der Waals surface area contributed by atoms with Crippen molar-refractivity contribution in [3.8, 4) is 0 Å². The summed E-state index contributed by atoms with van der Waals surface area (Å²) in [5.74, 6) is 0. The smallest absolute Gasteiger partial charge is 0.0385 e. The standard InChI is InChI=1S/C24H19NS2.3C2H6/c1-3-7-21(8-4-1)26-23-15-11-19(12-16-23)25-20-13-17-24(18-14-20)27-22-9-5-2-6-10-22;3*1-2/h1-18,25H;3*1-2H3. The van der Waals surface area contributed by atoms with Crippen LogP contribution < -0.4 is 5.32 Å². The molecule has 4 aromatic rings. The van der Waals surface area contributed by atoms with E-state index in [1.165, 1.54) is 19.6 Å². The summed E-state index contributed by atoms with van der Waals surface area (Å²) in [6.07, 6.45) is 0. The van der Waals surface area contributed by atoms with Crippen molar-refractivity contribution in [3.63, 3.8) is 0 Å². The minimum Gasteiger partial charge on any atom is -0.356 e. The predicted molar refractivity (Wildman–Crippen MR) is 151 cm³/mol. The Labute approximate surface area is 210 Å². The molecule has 0 aromatic heterocycles. The van der Waals surface area contributed by atoms with E-state index in [9.17, 15) is 0 Å². The van der Waals surface area contributed by atoms with Crippen molar-refractivity contribution in [1.82, 2.24) is 0 Å². The zero-order valence-electron chi connectivity index (χ0n) is 20.7. The van der Waals surface area contributed by atoms with Gasteiger partial charge in [0.25, 0.3) is 0 Å². The van der Waals surface area contributed by atoms with Crippen LogP contribution >= 0.6 is 23.5 Å². The maximum absolute atomic E-state index is 3.47. The molecule has 0 spiro atoms. The van der Waals surface area contributed by atoms with Crippen LogP contribution in [0.3, 0.4) is 0 Å². The second-order valence-electron chi connectivity index (χ2n) is 6.00. The highest BCUT2D eigenvalue weighted by Crippen LogP contribution is 2.30. The van der Waals surface area contributed by atoms with E-state index >= 15 is 0 Å². The number of hydrogen-bond acceptors (Lipinski definition) is 3. The third-order valence-corrected chi connectivity index (χ3v) is 5.99. The molecule has 0 radical (unpaired) electrons. The molecule has 174 valence electrons. The maximum Gasteiger partial charge on any atom is 0.0385 e. The molecule has 0 heterocycles. The molecule has 1 N–H and O–H groups in total. The lowest BCUT2D eigenvalue weighted by atomic mass is 10.3. The first kappa shape index (κ1) is 28.4. The molecule has 0 atom stereocenters. The molecule has 0 saturated carbocycles. The quantitative estimate of drug-likeness (QED) is 0.298.